The van der Waals surface area contributed by atoms with Crippen molar-refractivity contribution in [3.8, 4) is 0 Å². The van der Waals surface area contributed by atoms with Gasteiger partial charge in [-0.3, -0.25) is 4.68 Å². The van der Waals surface area contributed by atoms with Crippen molar-refractivity contribution in [3.63, 3.8) is 0 Å². The van der Waals surface area contributed by atoms with Gasteiger partial charge in [-0.25, -0.2) is 4.98 Å². The molecule has 1 fully saturated rings. The van der Waals surface area contributed by atoms with Crippen molar-refractivity contribution in [2.24, 2.45) is 24.3 Å². The van der Waals surface area contributed by atoms with Crippen LogP contribution in [0.5, 0.6) is 0 Å². The van der Waals surface area contributed by atoms with E-state index in [4.69, 9.17) is 0 Å². The Morgan fingerprint density at radius 1 is 1.28 bits per heavy atom. The van der Waals surface area contributed by atoms with Crippen molar-refractivity contribution in [1.29, 1.82) is 0 Å². The number of rotatable bonds is 2. The molecular weight excluding hydrogens is 226 g/mol. The molecule has 102 valence electrons. The summed E-state index contributed by atoms with van der Waals surface area (Å²) >= 11 is 0. The van der Waals surface area contributed by atoms with Crippen LogP contribution in [0.3, 0.4) is 0 Å². The number of aliphatic hydroxyl groups excluding tert-OH is 1. The topological polar surface area (TPSA) is 50.9 Å². The molecule has 0 aromatic carbocycles. The number of aryl methyl sites for hydroxylation is 1. The average Bonchev–Trinajstić information content (AvgIpc) is 2.73. The number of hydrogen-bond donors (Lipinski definition) is 1. The number of aliphatic hydroxyl groups is 1. The average molecular weight is 251 g/mol. The van der Waals surface area contributed by atoms with Crippen molar-refractivity contribution in [2.75, 3.05) is 0 Å². The number of hydrogen-bond acceptors (Lipinski definition) is 3. The first-order valence-electron chi connectivity index (χ1n) is 6.91. The van der Waals surface area contributed by atoms with Crippen molar-refractivity contribution in [1.82, 2.24) is 14.8 Å². The third-order valence-corrected chi connectivity index (χ3v) is 4.45. The molecule has 1 unspecified atom stereocenters. The predicted octanol–water partition coefficient (Wildman–Crippen LogP) is 2.70. The Labute approximate surface area is 109 Å². The summed E-state index contributed by atoms with van der Waals surface area (Å²) in [6.07, 6.45) is 5.66. The van der Waals surface area contributed by atoms with Crippen LogP contribution >= 0.6 is 0 Å². The van der Waals surface area contributed by atoms with Gasteiger partial charge in [0, 0.05) is 7.05 Å². The van der Waals surface area contributed by atoms with Gasteiger partial charge in [0.15, 0.2) is 5.82 Å². The van der Waals surface area contributed by atoms with Gasteiger partial charge in [0.25, 0.3) is 0 Å². The molecule has 0 aliphatic heterocycles. The molecule has 2 rings (SSSR count). The lowest BCUT2D eigenvalue weighted by atomic mass is 9.69. The molecule has 4 nitrogen and oxygen atoms in total. The van der Waals surface area contributed by atoms with E-state index in [1.54, 1.807) is 4.68 Å². The second kappa shape index (κ2) is 5.00. The molecule has 0 bridgehead atoms. The van der Waals surface area contributed by atoms with E-state index in [1.165, 1.54) is 19.2 Å². The SMILES string of the molecule is Cn1ncnc1C(O)C1CCC(C(C)(C)C)CC1. The van der Waals surface area contributed by atoms with Crippen molar-refractivity contribution < 1.29 is 5.11 Å². The van der Waals surface area contributed by atoms with Gasteiger partial charge in [-0.15, -0.1) is 0 Å². The van der Waals surface area contributed by atoms with E-state index >= 15 is 0 Å². The Kier molecular flexibility index (Phi) is 3.76. The van der Waals surface area contributed by atoms with E-state index in [2.05, 4.69) is 30.9 Å². The molecule has 1 aromatic rings. The maximum absolute atomic E-state index is 10.4. The van der Waals surface area contributed by atoms with E-state index in [9.17, 15) is 5.11 Å². The molecule has 1 aromatic heterocycles. The lowest BCUT2D eigenvalue weighted by molar-refractivity contribution is 0.0451. The lowest BCUT2D eigenvalue weighted by Gasteiger charge is -2.38. The van der Waals surface area contributed by atoms with Gasteiger partial charge in [0.05, 0.1) is 0 Å². The Morgan fingerprint density at radius 2 is 1.89 bits per heavy atom. The third kappa shape index (κ3) is 2.74. The lowest BCUT2D eigenvalue weighted by Crippen LogP contribution is -2.28. The number of nitrogens with zero attached hydrogens (tertiary/aromatic N) is 3. The van der Waals surface area contributed by atoms with Gasteiger partial charge in [-0.1, -0.05) is 20.8 Å². The molecule has 0 spiro atoms. The molecule has 1 aliphatic carbocycles. The van der Waals surface area contributed by atoms with Crippen LogP contribution in [0, 0.1) is 17.3 Å². The van der Waals surface area contributed by atoms with Crippen LogP contribution < -0.4 is 0 Å². The molecule has 0 saturated heterocycles. The van der Waals surface area contributed by atoms with Crippen molar-refractivity contribution in [2.45, 2.75) is 52.6 Å². The molecule has 1 atom stereocenters. The van der Waals surface area contributed by atoms with Gasteiger partial charge < -0.3 is 5.11 Å². The highest BCUT2D eigenvalue weighted by Crippen LogP contribution is 2.42. The Bertz CT molecular complexity index is 386. The fraction of sp³-hybridized carbons (Fsp3) is 0.857. The van der Waals surface area contributed by atoms with Gasteiger partial charge >= 0.3 is 0 Å². The summed E-state index contributed by atoms with van der Waals surface area (Å²) in [7, 11) is 1.84. The maximum Gasteiger partial charge on any atom is 0.155 e. The highest BCUT2D eigenvalue weighted by molar-refractivity contribution is 4.94. The summed E-state index contributed by atoms with van der Waals surface area (Å²) in [5, 5.41) is 14.4. The smallest absolute Gasteiger partial charge is 0.155 e. The molecule has 1 heterocycles. The van der Waals surface area contributed by atoms with Crippen LogP contribution in [0.1, 0.15) is 58.4 Å². The van der Waals surface area contributed by atoms with Crippen LogP contribution in [0.2, 0.25) is 0 Å². The van der Waals surface area contributed by atoms with E-state index in [-0.39, 0.29) is 0 Å². The zero-order valence-electron chi connectivity index (χ0n) is 11.9. The first kappa shape index (κ1) is 13.5. The predicted molar refractivity (Wildman–Crippen MR) is 70.9 cm³/mol. The molecule has 18 heavy (non-hydrogen) atoms. The maximum atomic E-state index is 10.4. The van der Waals surface area contributed by atoms with Crippen LogP contribution in [0.4, 0.5) is 0 Å². The standard InChI is InChI=1S/C14H25N3O/c1-14(2,3)11-7-5-10(6-8-11)12(18)13-15-9-16-17(13)4/h9-12,18H,5-8H2,1-4H3. The monoisotopic (exact) mass is 251 g/mol. The minimum atomic E-state index is -0.460. The van der Waals surface area contributed by atoms with Crippen LogP contribution in [0.25, 0.3) is 0 Å². The van der Waals surface area contributed by atoms with E-state index < -0.39 is 6.10 Å². The van der Waals surface area contributed by atoms with Crippen molar-refractivity contribution >= 4 is 0 Å². The second-order valence-electron chi connectivity index (χ2n) is 6.66. The minimum Gasteiger partial charge on any atom is -0.385 e. The molecule has 1 saturated carbocycles. The molecular formula is C14H25N3O. The summed E-state index contributed by atoms with van der Waals surface area (Å²) in [5.41, 5.74) is 0.390. The first-order chi connectivity index (χ1) is 8.39. The van der Waals surface area contributed by atoms with E-state index in [0.29, 0.717) is 17.2 Å². The van der Waals surface area contributed by atoms with Crippen LogP contribution in [-0.4, -0.2) is 19.9 Å². The summed E-state index contributed by atoms with van der Waals surface area (Å²) in [6.45, 7) is 6.95. The fourth-order valence-electron chi connectivity index (χ4n) is 3.08. The van der Waals surface area contributed by atoms with E-state index in [1.807, 2.05) is 7.05 Å². The minimum absolute atomic E-state index is 0.339. The summed E-state index contributed by atoms with van der Waals surface area (Å²) in [5.74, 6) is 1.82. The molecule has 4 heteroatoms. The van der Waals surface area contributed by atoms with Crippen LogP contribution in [0.15, 0.2) is 6.33 Å². The van der Waals surface area contributed by atoms with Gasteiger partial charge in [-0.05, 0) is 42.9 Å². The zero-order chi connectivity index (χ0) is 13.3. The molecule has 0 radical (unpaired) electrons. The largest absolute Gasteiger partial charge is 0.385 e. The summed E-state index contributed by atoms with van der Waals surface area (Å²) < 4.78 is 1.68. The Balaban J connectivity index is 1.96. The normalized spacial score (nSPS) is 27.2. The highest BCUT2D eigenvalue weighted by Gasteiger charge is 2.33. The Morgan fingerprint density at radius 3 is 2.33 bits per heavy atom. The van der Waals surface area contributed by atoms with Crippen molar-refractivity contribution in [3.05, 3.63) is 12.2 Å². The third-order valence-electron chi connectivity index (χ3n) is 4.45. The first-order valence-corrected chi connectivity index (χ1v) is 6.91. The molecule has 0 amide bonds. The van der Waals surface area contributed by atoms with Gasteiger partial charge in [-0.2, -0.15) is 5.10 Å². The van der Waals surface area contributed by atoms with Gasteiger partial charge in [0.2, 0.25) is 0 Å². The fourth-order valence-corrected chi connectivity index (χ4v) is 3.08. The summed E-state index contributed by atoms with van der Waals surface area (Å²) in [4.78, 5) is 4.16. The van der Waals surface area contributed by atoms with Gasteiger partial charge in [0.1, 0.15) is 12.4 Å². The van der Waals surface area contributed by atoms with Crippen LogP contribution in [-0.2, 0) is 7.05 Å². The zero-order valence-corrected chi connectivity index (χ0v) is 11.9. The molecule has 1 N–H and O–H groups in total. The highest BCUT2D eigenvalue weighted by atomic mass is 16.3. The van der Waals surface area contributed by atoms with E-state index in [0.717, 1.165) is 18.8 Å². The quantitative estimate of drug-likeness (QED) is 0.879. The second-order valence-corrected chi connectivity index (χ2v) is 6.66. The number of aromatic nitrogens is 3. The summed E-state index contributed by atoms with van der Waals surface area (Å²) in [6, 6.07) is 0. The Hall–Kier alpha value is -0.900. The molecule has 1 aliphatic rings.